The lowest BCUT2D eigenvalue weighted by atomic mass is 10.2. The number of aromatic nitrogens is 5. The first-order valence-corrected chi connectivity index (χ1v) is 9.08. The summed E-state index contributed by atoms with van der Waals surface area (Å²) in [6, 6.07) is 20.1. The van der Waals surface area contributed by atoms with Crippen molar-refractivity contribution in [2.24, 2.45) is 0 Å². The third-order valence-electron chi connectivity index (χ3n) is 4.01. The van der Waals surface area contributed by atoms with Gasteiger partial charge in [-0.2, -0.15) is 0 Å². The van der Waals surface area contributed by atoms with Crippen LogP contribution in [0.4, 0.5) is 0 Å². The monoisotopic (exact) mass is 359 g/mol. The number of para-hydroxylation sites is 1. The van der Waals surface area contributed by atoms with Gasteiger partial charge in [0, 0.05) is 11.8 Å². The average molecular weight is 359 g/mol. The molecule has 5 nitrogen and oxygen atoms in total. The predicted octanol–water partition coefficient (Wildman–Crippen LogP) is 4.49. The van der Waals surface area contributed by atoms with E-state index in [0.717, 1.165) is 27.3 Å². The Balaban J connectivity index is 1.71. The largest absolute Gasteiger partial charge is 0.274 e. The summed E-state index contributed by atoms with van der Waals surface area (Å²) in [6.07, 6.45) is 1.78. The standard InChI is InChI=1S/C20H17N5S/c1-14-8-6-7-11-17(14)25-15(2)23-24-20(25)26-18-12-13-21-19(22-18)16-9-4-3-5-10-16/h3-13H,1-2H3. The van der Waals surface area contributed by atoms with Crippen molar-refractivity contribution < 1.29 is 0 Å². The molecule has 4 rings (SSSR count). The zero-order valence-corrected chi connectivity index (χ0v) is 15.3. The van der Waals surface area contributed by atoms with Crippen LogP contribution >= 0.6 is 11.8 Å². The van der Waals surface area contributed by atoms with Crippen molar-refractivity contribution >= 4 is 11.8 Å². The maximum Gasteiger partial charge on any atom is 0.202 e. The van der Waals surface area contributed by atoms with Crippen molar-refractivity contribution in [2.75, 3.05) is 0 Å². The number of hydrogen-bond acceptors (Lipinski definition) is 5. The summed E-state index contributed by atoms with van der Waals surface area (Å²) in [7, 11) is 0. The lowest BCUT2D eigenvalue weighted by Gasteiger charge is -2.11. The molecule has 0 radical (unpaired) electrons. The number of hydrogen-bond donors (Lipinski definition) is 0. The summed E-state index contributed by atoms with van der Waals surface area (Å²) >= 11 is 1.49. The van der Waals surface area contributed by atoms with Gasteiger partial charge in [0.1, 0.15) is 10.9 Å². The predicted molar refractivity (Wildman–Crippen MR) is 102 cm³/mol. The molecule has 0 N–H and O–H groups in total. The topological polar surface area (TPSA) is 56.5 Å². The Morgan fingerprint density at radius 3 is 2.42 bits per heavy atom. The number of nitrogens with zero attached hydrogens (tertiary/aromatic N) is 5. The quantitative estimate of drug-likeness (QED) is 0.502. The summed E-state index contributed by atoms with van der Waals surface area (Å²) in [6.45, 7) is 4.04. The van der Waals surface area contributed by atoms with E-state index in [4.69, 9.17) is 0 Å². The minimum Gasteiger partial charge on any atom is -0.274 e. The highest BCUT2D eigenvalue weighted by Gasteiger charge is 2.15. The zero-order chi connectivity index (χ0) is 17.9. The summed E-state index contributed by atoms with van der Waals surface area (Å²) in [5, 5.41) is 10.2. The van der Waals surface area contributed by atoms with Crippen LogP contribution in [0.1, 0.15) is 11.4 Å². The van der Waals surface area contributed by atoms with Crippen LogP contribution in [0.3, 0.4) is 0 Å². The second kappa shape index (κ2) is 7.09. The maximum absolute atomic E-state index is 4.68. The van der Waals surface area contributed by atoms with Gasteiger partial charge in [-0.1, -0.05) is 48.5 Å². The van der Waals surface area contributed by atoms with Crippen molar-refractivity contribution in [3.8, 4) is 17.1 Å². The molecule has 2 aromatic carbocycles. The van der Waals surface area contributed by atoms with Crippen LogP contribution in [0.5, 0.6) is 0 Å². The second-order valence-electron chi connectivity index (χ2n) is 5.84. The Kier molecular flexibility index (Phi) is 4.50. The van der Waals surface area contributed by atoms with E-state index in [1.165, 1.54) is 17.3 Å². The minimum absolute atomic E-state index is 0.703. The molecule has 26 heavy (non-hydrogen) atoms. The molecular formula is C20H17N5S. The lowest BCUT2D eigenvalue weighted by molar-refractivity contribution is 0.859. The van der Waals surface area contributed by atoms with Crippen LogP contribution in [0.2, 0.25) is 0 Å². The van der Waals surface area contributed by atoms with E-state index in [9.17, 15) is 0 Å². The fourth-order valence-corrected chi connectivity index (χ4v) is 3.57. The van der Waals surface area contributed by atoms with Gasteiger partial charge in [-0.25, -0.2) is 9.97 Å². The van der Waals surface area contributed by atoms with Crippen LogP contribution < -0.4 is 0 Å². The van der Waals surface area contributed by atoms with E-state index < -0.39 is 0 Å². The molecule has 0 fully saturated rings. The molecule has 0 aliphatic carbocycles. The van der Waals surface area contributed by atoms with Crippen molar-refractivity contribution in [3.05, 3.63) is 78.2 Å². The number of rotatable bonds is 4. The number of benzene rings is 2. The smallest absolute Gasteiger partial charge is 0.202 e. The van der Waals surface area contributed by atoms with Gasteiger partial charge in [-0.05, 0) is 43.3 Å². The highest BCUT2D eigenvalue weighted by Crippen LogP contribution is 2.29. The van der Waals surface area contributed by atoms with Crippen LogP contribution in [-0.2, 0) is 0 Å². The molecule has 0 atom stereocenters. The molecule has 0 bridgehead atoms. The highest BCUT2D eigenvalue weighted by molar-refractivity contribution is 7.99. The van der Waals surface area contributed by atoms with Crippen LogP contribution in [-0.4, -0.2) is 24.7 Å². The molecule has 4 aromatic rings. The molecule has 0 aliphatic rings. The van der Waals surface area contributed by atoms with Crippen LogP contribution in [0, 0.1) is 13.8 Å². The van der Waals surface area contributed by atoms with Gasteiger partial charge in [0.2, 0.25) is 5.16 Å². The van der Waals surface area contributed by atoms with Crippen molar-refractivity contribution in [1.82, 2.24) is 24.7 Å². The van der Waals surface area contributed by atoms with Gasteiger partial charge in [0.25, 0.3) is 0 Å². The van der Waals surface area contributed by atoms with Gasteiger partial charge in [-0.15, -0.1) is 10.2 Å². The normalized spacial score (nSPS) is 10.8. The SMILES string of the molecule is Cc1ccccc1-n1c(C)nnc1Sc1ccnc(-c2ccccc2)n1. The van der Waals surface area contributed by atoms with E-state index in [0.29, 0.717) is 5.82 Å². The fourth-order valence-electron chi connectivity index (χ4n) is 2.72. The molecule has 2 heterocycles. The van der Waals surface area contributed by atoms with E-state index in [1.54, 1.807) is 6.20 Å². The van der Waals surface area contributed by atoms with Gasteiger partial charge >= 0.3 is 0 Å². The van der Waals surface area contributed by atoms with E-state index in [1.807, 2.05) is 55.5 Å². The average Bonchev–Trinajstić information content (AvgIpc) is 3.03. The first-order valence-electron chi connectivity index (χ1n) is 8.27. The Hall–Kier alpha value is -2.99. The van der Waals surface area contributed by atoms with E-state index in [-0.39, 0.29) is 0 Å². The van der Waals surface area contributed by atoms with Crippen LogP contribution in [0.15, 0.2) is 77.0 Å². The Morgan fingerprint density at radius 1 is 0.846 bits per heavy atom. The zero-order valence-electron chi connectivity index (χ0n) is 14.5. The van der Waals surface area contributed by atoms with Crippen LogP contribution in [0.25, 0.3) is 17.1 Å². The van der Waals surface area contributed by atoms with Gasteiger partial charge < -0.3 is 0 Å². The van der Waals surface area contributed by atoms with Crippen molar-refractivity contribution in [2.45, 2.75) is 24.0 Å². The fraction of sp³-hybridized carbons (Fsp3) is 0.100. The molecular weight excluding hydrogens is 342 g/mol. The third kappa shape index (κ3) is 3.23. The molecule has 0 aliphatic heterocycles. The molecule has 0 saturated carbocycles. The lowest BCUT2D eigenvalue weighted by Crippen LogP contribution is -2.01. The Bertz CT molecular complexity index is 1040. The van der Waals surface area contributed by atoms with Crippen molar-refractivity contribution in [3.63, 3.8) is 0 Å². The van der Waals surface area contributed by atoms with E-state index in [2.05, 4.69) is 43.8 Å². The van der Waals surface area contributed by atoms with Gasteiger partial charge in [-0.3, -0.25) is 4.57 Å². The summed E-state index contributed by atoms with van der Waals surface area (Å²) in [4.78, 5) is 9.06. The molecule has 0 amide bonds. The van der Waals surface area contributed by atoms with Gasteiger partial charge in [0.15, 0.2) is 5.82 Å². The summed E-state index contributed by atoms with van der Waals surface area (Å²) < 4.78 is 2.06. The molecule has 0 unspecified atom stereocenters. The second-order valence-corrected chi connectivity index (χ2v) is 6.83. The first-order chi connectivity index (χ1) is 12.7. The maximum atomic E-state index is 4.68. The molecule has 6 heteroatoms. The summed E-state index contributed by atoms with van der Waals surface area (Å²) in [5.41, 5.74) is 3.24. The van der Waals surface area contributed by atoms with Crippen molar-refractivity contribution in [1.29, 1.82) is 0 Å². The molecule has 2 aromatic heterocycles. The minimum atomic E-state index is 0.703. The Morgan fingerprint density at radius 2 is 1.62 bits per heavy atom. The third-order valence-corrected chi connectivity index (χ3v) is 4.89. The highest BCUT2D eigenvalue weighted by atomic mass is 32.2. The van der Waals surface area contributed by atoms with E-state index >= 15 is 0 Å². The first kappa shape index (κ1) is 16.5. The molecule has 0 saturated heterocycles. The molecule has 0 spiro atoms. The molecule has 128 valence electrons. The van der Waals surface area contributed by atoms with Gasteiger partial charge in [0.05, 0.1) is 5.69 Å². The summed E-state index contributed by atoms with van der Waals surface area (Å²) in [5.74, 6) is 1.55. The Labute approximate surface area is 156 Å². The number of aryl methyl sites for hydroxylation is 2.